The Morgan fingerprint density at radius 2 is 1.56 bits per heavy atom. The van der Waals surface area contributed by atoms with Gasteiger partial charge in [0.05, 0.1) is 5.70 Å². The Hall–Kier alpha value is -1.25. The molecule has 0 aromatic rings. The van der Waals surface area contributed by atoms with Crippen molar-refractivity contribution in [2.24, 2.45) is 0 Å². The van der Waals surface area contributed by atoms with Gasteiger partial charge in [0.15, 0.2) is 0 Å². The highest BCUT2D eigenvalue weighted by atomic mass is 19.1. The summed E-state index contributed by atoms with van der Waals surface area (Å²) in [5.74, 6) is -0.475. The van der Waals surface area contributed by atoms with E-state index in [4.69, 9.17) is 0 Å². The quantitative estimate of drug-likeness (QED) is 0.587. The van der Waals surface area contributed by atoms with Gasteiger partial charge >= 0.3 is 0 Å². The normalized spacial score (nSPS) is 9.75. The van der Waals surface area contributed by atoms with Crippen LogP contribution in [-0.4, -0.2) is 37.0 Å². The molecule has 0 fully saturated rings. The molecule has 16 heavy (non-hydrogen) atoms. The van der Waals surface area contributed by atoms with E-state index in [1.807, 2.05) is 14.1 Å². The fourth-order valence-electron chi connectivity index (χ4n) is 1.28. The molecule has 0 unspecified atom stereocenters. The molecule has 0 aliphatic rings. The highest BCUT2D eigenvalue weighted by Crippen LogP contribution is 2.11. The third-order valence-corrected chi connectivity index (χ3v) is 2.62. The van der Waals surface area contributed by atoms with Crippen LogP contribution >= 0.6 is 0 Å². The largest absolute Gasteiger partial charge is 0.377 e. The summed E-state index contributed by atoms with van der Waals surface area (Å²) in [7, 11) is 3.81. The van der Waals surface area contributed by atoms with Gasteiger partial charge in [-0.05, 0) is 6.42 Å². The summed E-state index contributed by atoms with van der Waals surface area (Å²) < 4.78 is 12.8. The molecule has 0 aliphatic carbocycles. The molecular weight excluding hydrogens is 203 g/mol. The molecule has 0 amide bonds. The van der Waals surface area contributed by atoms with Gasteiger partial charge in [-0.15, -0.1) is 0 Å². The number of hydrogen-bond acceptors (Lipinski definition) is 2. The van der Waals surface area contributed by atoms with Crippen molar-refractivity contribution in [3.63, 3.8) is 0 Å². The van der Waals surface area contributed by atoms with Gasteiger partial charge < -0.3 is 9.80 Å². The Morgan fingerprint density at radius 3 is 2.00 bits per heavy atom. The van der Waals surface area contributed by atoms with Crippen LogP contribution in [0.4, 0.5) is 4.39 Å². The van der Waals surface area contributed by atoms with E-state index in [-0.39, 0.29) is 0 Å². The minimum atomic E-state index is -0.475. The monoisotopic (exact) mass is 226 g/mol. The molecule has 0 saturated heterocycles. The van der Waals surface area contributed by atoms with Gasteiger partial charge in [-0.25, -0.2) is 4.39 Å². The van der Waals surface area contributed by atoms with E-state index in [9.17, 15) is 4.39 Å². The van der Waals surface area contributed by atoms with Gasteiger partial charge in [-0.3, -0.25) is 0 Å². The molecule has 0 atom stereocenters. The van der Waals surface area contributed by atoms with Crippen molar-refractivity contribution in [2.75, 3.05) is 27.2 Å². The first-order chi connectivity index (χ1) is 7.40. The minimum Gasteiger partial charge on any atom is -0.377 e. The molecule has 92 valence electrons. The lowest BCUT2D eigenvalue weighted by Crippen LogP contribution is -2.29. The Bertz CT molecular complexity index is 271. The fraction of sp³-hybridized carbons (Fsp3) is 0.538. The second-order valence-corrected chi connectivity index (χ2v) is 4.01. The molecule has 0 rings (SSSR count). The number of nitrogens with zero attached hydrogens (tertiary/aromatic N) is 2. The Labute approximate surface area is 98.7 Å². The van der Waals surface area contributed by atoms with Crippen LogP contribution in [0.3, 0.4) is 0 Å². The maximum atomic E-state index is 12.8. The maximum absolute atomic E-state index is 12.8. The van der Waals surface area contributed by atoms with E-state index in [0.717, 1.165) is 25.1 Å². The zero-order chi connectivity index (χ0) is 12.7. The van der Waals surface area contributed by atoms with Crippen molar-refractivity contribution in [2.45, 2.75) is 19.8 Å². The van der Waals surface area contributed by atoms with Crippen molar-refractivity contribution in [1.82, 2.24) is 9.80 Å². The number of hydrogen-bond donors (Lipinski definition) is 0. The van der Waals surface area contributed by atoms with E-state index in [1.165, 1.54) is 0 Å². The van der Waals surface area contributed by atoms with Crippen LogP contribution in [0.5, 0.6) is 0 Å². The van der Waals surface area contributed by atoms with Gasteiger partial charge in [0.2, 0.25) is 0 Å². The van der Waals surface area contributed by atoms with E-state index < -0.39 is 5.83 Å². The molecule has 0 bridgehead atoms. The summed E-state index contributed by atoms with van der Waals surface area (Å²) in [6.07, 6.45) is 2.09. The molecule has 0 aromatic heterocycles. The average molecular weight is 226 g/mol. The van der Waals surface area contributed by atoms with Crippen molar-refractivity contribution < 1.29 is 4.39 Å². The predicted octanol–water partition coefficient (Wildman–Crippen LogP) is 3.16. The topological polar surface area (TPSA) is 6.48 Å². The molecule has 0 spiro atoms. The molecule has 0 saturated carbocycles. The number of rotatable bonds is 8. The number of halogens is 1. The van der Waals surface area contributed by atoms with Crippen LogP contribution in [-0.2, 0) is 0 Å². The average Bonchev–Trinajstić information content (AvgIpc) is 2.24. The molecule has 0 heterocycles. The summed E-state index contributed by atoms with van der Waals surface area (Å²) in [4.78, 5) is 3.85. The van der Waals surface area contributed by atoms with Crippen molar-refractivity contribution >= 4 is 0 Å². The maximum Gasteiger partial charge on any atom is 0.138 e. The van der Waals surface area contributed by atoms with E-state index in [0.29, 0.717) is 12.2 Å². The van der Waals surface area contributed by atoms with E-state index >= 15 is 0 Å². The number of likely N-dealkylation sites (N-methyl/N-ethyl adjacent to an activating group) is 2. The molecule has 2 nitrogen and oxygen atoms in total. The molecule has 0 radical (unpaired) electrons. The van der Waals surface area contributed by atoms with Crippen molar-refractivity contribution in [1.29, 1.82) is 0 Å². The highest BCUT2D eigenvalue weighted by Gasteiger charge is 2.07. The predicted molar refractivity (Wildman–Crippen MR) is 68.7 cm³/mol. The van der Waals surface area contributed by atoms with Gasteiger partial charge in [0.25, 0.3) is 0 Å². The molecule has 3 heteroatoms. The zero-order valence-corrected chi connectivity index (χ0v) is 10.7. The lowest BCUT2D eigenvalue weighted by Gasteiger charge is -2.26. The molecule has 0 aromatic carbocycles. The second kappa shape index (κ2) is 7.09. The summed E-state index contributed by atoms with van der Waals surface area (Å²) in [6, 6.07) is 0. The van der Waals surface area contributed by atoms with Gasteiger partial charge in [0.1, 0.15) is 5.83 Å². The first-order valence-corrected chi connectivity index (χ1v) is 5.53. The third kappa shape index (κ3) is 5.01. The van der Waals surface area contributed by atoms with Gasteiger partial charge in [0, 0.05) is 32.9 Å². The van der Waals surface area contributed by atoms with Gasteiger partial charge in [-0.1, -0.05) is 33.1 Å². The minimum absolute atomic E-state index is 0.342. The smallest absolute Gasteiger partial charge is 0.138 e. The first kappa shape index (κ1) is 14.8. The van der Waals surface area contributed by atoms with Gasteiger partial charge in [-0.2, -0.15) is 0 Å². The Morgan fingerprint density at radius 1 is 1.06 bits per heavy atom. The zero-order valence-electron chi connectivity index (χ0n) is 10.7. The third-order valence-electron chi connectivity index (χ3n) is 2.62. The molecule has 0 aliphatic heterocycles. The standard InChI is InChI=1S/C13H23FN2/c1-7-8-11(2)15(5)9-10-16(6)13(4)12(3)14/h2-4,7-10H2,1,5-6H3. The number of allylic oxidation sites excluding steroid dienone is 2. The van der Waals surface area contributed by atoms with Crippen LogP contribution in [0.1, 0.15) is 19.8 Å². The Balaban J connectivity index is 4.00. The first-order valence-electron chi connectivity index (χ1n) is 5.53. The van der Waals surface area contributed by atoms with E-state index in [1.54, 1.807) is 4.90 Å². The Kier molecular flexibility index (Phi) is 6.54. The fourth-order valence-corrected chi connectivity index (χ4v) is 1.28. The van der Waals surface area contributed by atoms with Crippen LogP contribution in [0.2, 0.25) is 0 Å². The highest BCUT2D eigenvalue weighted by molar-refractivity contribution is 5.16. The van der Waals surface area contributed by atoms with Crippen LogP contribution in [0.25, 0.3) is 0 Å². The summed E-state index contributed by atoms with van der Waals surface area (Å²) in [6.45, 7) is 14.5. The van der Waals surface area contributed by atoms with E-state index in [2.05, 4.69) is 31.6 Å². The van der Waals surface area contributed by atoms with Crippen LogP contribution in [0.15, 0.2) is 37.0 Å². The second-order valence-electron chi connectivity index (χ2n) is 4.01. The van der Waals surface area contributed by atoms with Crippen LogP contribution in [0, 0.1) is 0 Å². The summed E-state index contributed by atoms with van der Waals surface area (Å²) in [5.41, 5.74) is 1.45. The van der Waals surface area contributed by atoms with Crippen molar-refractivity contribution in [3.05, 3.63) is 37.0 Å². The summed E-state index contributed by atoms with van der Waals surface area (Å²) >= 11 is 0. The SMILES string of the molecule is C=C(F)C(=C)N(C)CCN(C)C(=C)CCC. The van der Waals surface area contributed by atoms with Crippen LogP contribution < -0.4 is 0 Å². The lowest BCUT2D eigenvalue weighted by molar-refractivity contribution is 0.321. The lowest BCUT2D eigenvalue weighted by atomic mass is 10.2. The van der Waals surface area contributed by atoms with Crippen molar-refractivity contribution in [3.8, 4) is 0 Å². The molecular formula is C13H23FN2. The molecule has 0 N–H and O–H groups in total. The summed E-state index contributed by atoms with van der Waals surface area (Å²) in [5, 5.41) is 0.